The minimum atomic E-state index is -0.875. The van der Waals surface area contributed by atoms with Crippen LogP contribution in [0.25, 0.3) is 22.9 Å². The first kappa shape index (κ1) is 25.1. The van der Waals surface area contributed by atoms with Crippen molar-refractivity contribution in [3.63, 3.8) is 0 Å². The maximum atomic E-state index is 13.9. The maximum Gasteiger partial charge on any atom is 0.254 e. The minimum Gasteiger partial charge on any atom is -0.445 e. The van der Waals surface area contributed by atoms with Gasteiger partial charge in [-0.1, -0.05) is 30.3 Å². The Morgan fingerprint density at radius 3 is 2.67 bits per heavy atom. The smallest absolute Gasteiger partial charge is 0.254 e. The van der Waals surface area contributed by atoms with Crippen molar-refractivity contribution in [1.29, 1.82) is 0 Å². The summed E-state index contributed by atoms with van der Waals surface area (Å²) in [5.74, 6) is 0.889. The van der Waals surface area contributed by atoms with Gasteiger partial charge < -0.3 is 19.5 Å². The van der Waals surface area contributed by atoms with Crippen molar-refractivity contribution in [3.8, 4) is 22.9 Å². The van der Waals surface area contributed by atoms with Crippen LogP contribution in [-0.4, -0.2) is 37.5 Å². The van der Waals surface area contributed by atoms with Crippen LogP contribution < -0.4 is 5.73 Å². The number of carbonyl (C=O) groups excluding carboxylic acids is 1. The van der Waals surface area contributed by atoms with E-state index in [2.05, 4.69) is 20.2 Å². The summed E-state index contributed by atoms with van der Waals surface area (Å²) in [6.07, 6.45) is 5.40. The van der Waals surface area contributed by atoms with Crippen molar-refractivity contribution in [2.75, 3.05) is 6.54 Å². The molecular formula is C29H28N6O3S. The zero-order valence-electron chi connectivity index (χ0n) is 21.7. The molecule has 1 aliphatic heterocycles. The monoisotopic (exact) mass is 540 g/mol. The van der Waals surface area contributed by atoms with Gasteiger partial charge in [0.15, 0.2) is 0 Å². The van der Waals surface area contributed by atoms with Gasteiger partial charge in [-0.05, 0) is 56.9 Å². The van der Waals surface area contributed by atoms with Crippen molar-refractivity contribution >= 4 is 17.2 Å². The summed E-state index contributed by atoms with van der Waals surface area (Å²) in [6.45, 7) is 4.50. The Kier molecular flexibility index (Phi) is 6.58. The van der Waals surface area contributed by atoms with E-state index in [9.17, 15) is 4.79 Å². The number of hydrogen-bond acceptors (Lipinski definition) is 9. The number of aromatic nitrogens is 4. The topological polar surface area (TPSA) is 124 Å². The lowest BCUT2D eigenvalue weighted by Crippen LogP contribution is -2.35. The molecule has 39 heavy (non-hydrogen) atoms. The van der Waals surface area contributed by atoms with Crippen LogP contribution in [0.2, 0.25) is 0 Å². The third-order valence-electron chi connectivity index (χ3n) is 6.87. The molecule has 2 aromatic carbocycles. The van der Waals surface area contributed by atoms with Gasteiger partial charge in [0, 0.05) is 34.3 Å². The predicted molar refractivity (Wildman–Crippen MR) is 147 cm³/mol. The number of rotatable bonds is 7. The number of hydrogen-bond donors (Lipinski definition) is 1. The molecule has 6 rings (SSSR count). The summed E-state index contributed by atoms with van der Waals surface area (Å²) in [5.41, 5.74) is 9.49. The number of amides is 1. The summed E-state index contributed by atoms with van der Waals surface area (Å²) in [6, 6.07) is 15.3. The largest absolute Gasteiger partial charge is 0.445 e. The number of likely N-dealkylation sites (tertiary alicyclic amines) is 1. The molecule has 10 heteroatoms. The first-order valence-electron chi connectivity index (χ1n) is 12.8. The second-order valence-electron chi connectivity index (χ2n) is 10.1. The molecule has 0 spiro atoms. The highest BCUT2D eigenvalue weighted by atomic mass is 32.1. The van der Waals surface area contributed by atoms with Crippen molar-refractivity contribution in [1.82, 2.24) is 25.1 Å². The van der Waals surface area contributed by atoms with Crippen LogP contribution >= 0.6 is 11.3 Å². The molecule has 1 amide bonds. The van der Waals surface area contributed by atoms with Gasteiger partial charge in [0.05, 0.1) is 17.8 Å². The van der Waals surface area contributed by atoms with Crippen molar-refractivity contribution in [3.05, 3.63) is 94.1 Å². The lowest BCUT2D eigenvalue weighted by atomic mass is 9.94. The molecule has 4 heterocycles. The molecule has 0 bridgehead atoms. The fraction of sp³-hybridized carbons (Fsp3) is 0.276. The van der Waals surface area contributed by atoms with Gasteiger partial charge in [0.2, 0.25) is 17.7 Å². The predicted octanol–water partition coefficient (Wildman–Crippen LogP) is 5.55. The number of nitrogens with zero attached hydrogens (tertiary/aromatic N) is 5. The van der Waals surface area contributed by atoms with Crippen LogP contribution in [0.15, 0.2) is 75.2 Å². The Morgan fingerprint density at radius 1 is 1.15 bits per heavy atom. The van der Waals surface area contributed by atoms with Crippen LogP contribution in [0.4, 0.5) is 0 Å². The zero-order chi connectivity index (χ0) is 27.0. The molecule has 2 atom stereocenters. The number of thiazole rings is 1. The normalized spacial score (nSPS) is 16.9. The molecule has 2 N–H and O–H groups in total. The molecule has 5 aromatic rings. The molecule has 1 fully saturated rings. The molecule has 0 radical (unpaired) electrons. The van der Waals surface area contributed by atoms with E-state index < -0.39 is 5.54 Å². The number of benzene rings is 2. The van der Waals surface area contributed by atoms with Crippen molar-refractivity contribution in [2.45, 2.75) is 44.7 Å². The first-order valence-corrected chi connectivity index (χ1v) is 13.7. The van der Waals surface area contributed by atoms with E-state index in [1.165, 1.54) is 6.26 Å². The maximum absolute atomic E-state index is 13.9. The molecule has 0 saturated carbocycles. The lowest BCUT2D eigenvalue weighted by Gasteiger charge is -2.23. The van der Waals surface area contributed by atoms with E-state index in [1.54, 1.807) is 29.7 Å². The van der Waals surface area contributed by atoms with Gasteiger partial charge in [-0.15, -0.1) is 21.5 Å². The first-order chi connectivity index (χ1) is 18.9. The lowest BCUT2D eigenvalue weighted by molar-refractivity contribution is 0.0735. The molecule has 1 aliphatic rings. The molecule has 9 nitrogen and oxygen atoms in total. The third kappa shape index (κ3) is 5.13. The second kappa shape index (κ2) is 10.2. The number of carbonyl (C=O) groups is 1. The van der Waals surface area contributed by atoms with Crippen molar-refractivity contribution in [2.24, 2.45) is 5.73 Å². The van der Waals surface area contributed by atoms with E-state index in [4.69, 9.17) is 14.6 Å². The van der Waals surface area contributed by atoms with Gasteiger partial charge in [0.25, 0.3) is 5.91 Å². The summed E-state index contributed by atoms with van der Waals surface area (Å²) in [7, 11) is 0. The Balaban J connectivity index is 1.35. The summed E-state index contributed by atoms with van der Waals surface area (Å²) < 4.78 is 11.7. The van der Waals surface area contributed by atoms with E-state index in [-0.39, 0.29) is 17.8 Å². The SMILES string of the molecule is Cc1csc([C@H]2CCCN2C(=O)c2cc(-c3ncco3)cc(-c3nnc(C(C)(N)Cc4ccccc4)o3)c2)n1. The molecule has 0 aliphatic carbocycles. The van der Waals surface area contributed by atoms with Gasteiger partial charge in [-0.3, -0.25) is 4.79 Å². The average Bonchev–Trinajstić information content (AvgIpc) is 3.74. The Bertz CT molecular complexity index is 1590. The number of nitrogens with two attached hydrogens (primary N) is 1. The Morgan fingerprint density at radius 2 is 1.95 bits per heavy atom. The Labute approximate surface area is 229 Å². The van der Waals surface area contributed by atoms with Crippen molar-refractivity contribution < 1.29 is 13.6 Å². The highest BCUT2D eigenvalue weighted by molar-refractivity contribution is 7.09. The summed E-state index contributed by atoms with van der Waals surface area (Å²) in [5, 5.41) is 11.6. The highest BCUT2D eigenvalue weighted by Crippen LogP contribution is 2.36. The molecule has 1 saturated heterocycles. The van der Waals surface area contributed by atoms with Crippen LogP contribution in [0, 0.1) is 6.92 Å². The summed E-state index contributed by atoms with van der Waals surface area (Å²) in [4.78, 5) is 24.7. The zero-order valence-corrected chi connectivity index (χ0v) is 22.5. The third-order valence-corrected chi connectivity index (χ3v) is 7.93. The van der Waals surface area contributed by atoms with Crippen LogP contribution in [0.3, 0.4) is 0 Å². The fourth-order valence-electron chi connectivity index (χ4n) is 4.99. The number of oxazole rings is 1. The van der Waals surface area contributed by atoms with E-state index in [1.807, 2.05) is 60.5 Å². The van der Waals surface area contributed by atoms with E-state index in [0.717, 1.165) is 29.1 Å². The quantitative estimate of drug-likeness (QED) is 0.285. The van der Waals surface area contributed by atoms with Gasteiger partial charge >= 0.3 is 0 Å². The van der Waals surface area contributed by atoms with E-state index in [0.29, 0.717) is 41.4 Å². The van der Waals surface area contributed by atoms with Gasteiger partial charge in [-0.2, -0.15) is 0 Å². The molecule has 198 valence electrons. The van der Waals surface area contributed by atoms with Crippen LogP contribution in [0.5, 0.6) is 0 Å². The summed E-state index contributed by atoms with van der Waals surface area (Å²) >= 11 is 1.59. The van der Waals surface area contributed by atoms with Crippen LogP contribution in [-0.2, 0) is 12.0 Å². The highest BCUT2D eigenvalue weighted by Gasteiger charge is 2.33. The fourth-order valence-corrected chi connectivity index (χ4v) is 5.93. The standard InChI is InChI=1S/C29H28N6O3S/c1-18-17-39-26(32-18)23-9-6-11-35(23)27(36)22-14-20(24-31-10-12-37-24)13-21(15-22)25-33-34-28(38-25)29(2,30)16-19-7-4-3-5-8-19/h3-5,7-8,10,12-15,17,23H,6,9,11,16,30H2,1-2H3/t23-,29?/m1/s1. The van der Waals surface area contributed by atoms with E-state index >= 15 is 0 Å². The molecule has 3 aromatic heterocycles. The number of aryl methyl sites for hydroxylation is 1. The molecular weight excluding hydrogens is 512 g/mol. The minimum absolute atomic E-state index is 0.0454. The van der Waals surface area contributed by atoms with Gasteiger partial charge in [0.1, 0.15) is 11.3 Å². The van der Waals surface area contributed by atoms with Crippen LogP contribution in [0.1, 0.15) is 58.3 Å². The second-order valence-corrected chi connectivity index (χ2v) is 11.0. The molecule has 1 unspecified atom stereocenters. The Hall–Kier alpha value is -4.15. The van der Waals surface area contributed by atoms with Gasteiger partial charge in [-0.25, -0.2) is 9.97 Å². The average molecular weight is 541 g/mol.